The molecule has 0 aliphatic heterocycles. The maximum Gasteiger partial charge on any atom is 0.185 e. The smallest absolute Gasteiger partial charge is 0.185 e. The Kier molecular flexibility index (Phi) is 3.44. The molecule has 6 heteroatoms. The minimum Gasteiger partial charge on any atom is -0.453 e. The molecular formula is C11H4Br2F2O2. The minimum atomic E-state index is -0.760. The van der Waals surface area contributed by atoms with Gasteiger partial charge in [0.1, 0.15) is 11.6 Å². The highest BCUT2D eigenvalue weighted by Gasteiger charge is 2.18. The van der Waals surface area contributed by atoms with Crippen molar-refractivity contribution in [1.29, 1.82) is 0 Å². The normalized spacial score (nSPS) is 10.6. The number of halogens is 4. The van der Waals surface area contributed by atoms with E-state index in [0.29, 0.717) is 6.29 Å². The first-order chi connectivity index (χ1) is 8.04. The van der Waals surface area contributed by atoms with Gasteiger partial charge in [0.15, 0.2) is 17.9 Å². The second-order valence-corrected chi connectivity index (χ2v) is 4.75. The maximum absolute atomic E-state index is 13.6. The predicted octanol–water partition coefficient (Wildman–Crippen LogP) is 4.56. The number of hydrogen-bond donors (Lipinski definition) is 0. The van der Waals surface area contributed by atoms with Gasteiger partial charge in [-0.15, -0.1) is 0 Å². The van der Waals surface area contributed by atoms with Crippen LogP contribution in [0, 0.1) is 11.6 Å². The van der Waals surface area contributed by atoms with Gasteiger partial charge in [0.2, 0.25) is 0 Å². The standard InChI is InChI=1S/C11H4Br2F2O2/c12-9-6(3-7(14)10(13)11(9)15)8-2-1-5(4-16)17-8/h1-4H. The van der Waals surface area contributed by atoms with Gasteiger partial charge in [0, 0.05) is 5.56 Å². The molecule has 17 heavy (non-hydrogen) atoms. The number of benzene rings is 1. The van der Waals surface area contributed by atoms with Crippen LogP contribution in [0.5, 0.6) is 0 Å². The number of aldehydes is 1. The second kappa shape index (κ2) is 4.70. The van der Waals surface area contributed by atoms with Crippen molar-refractivity contribution < 1.29 is 18.0 Å². The van der Waals surface area contributed by atoms with Gasteiger partial charge in [0.05, 0.1) is 8.95 Å². The van der Waals surface area contributed by atoms with Gasteiger partial charge in [-0.2, -0.15) is 0 Å². The fourth-order valence-corrected chi connectivity index (χ4v) is 2.40. The molecule has 0 aliphatic carbocycles. The molecule has 2 aromatic rings. The van der Waals surface area contributed by atoms with E-state index in [0.717, 1.165) is 6.07 Å². The van der Waals surface area contributed by atoms with E-state index in [9.17, 15) is 13.6 Å². The molecule has 2 rings (SSSR count). The molecule has 0 saturated heterocycles. The Morgan fingerprint density at radius 2 is 1.88 bits per heavy atom. The van der Waals surface area contributed by atoms with Gasteiger partial charge in [-0.25, -0.2) is 8.78 Å². The Balaban J connectivity index is 2.63. The average molecular weight is 366 g/mol. The van der Waals surface area contributed by atoms with Crippen molar-refractivity contribution in [2.75, 3.05) is 0 Å². The van der Waals surface area contributed by atoms with Gasteiger partial charge in [-0.1, -0.05) is 0 Å². The van der Waals surface area contributed by atoms with Gasteiger partial charge in [-0.05, 0) is 50.1 Å². The Morgan fingerprint density at radius 3 is 2.47 bits per heavy atom. The van der Waals surface area contributed by atoms with Crippen LogP contribution in [0.25, 0.3) is 11.3 Å². The molecule has 1 aromatic carbocycles. The van der Waals surface area contributed by atoms with E-state index in [4.69, 9.17) is 4.42 Å². The largest absolute Gasteiger partial charge is 0.453 e. The van der Waals surface area contributed by atoms with Crippen LogP contribution >= 0.6 is 31.9 Å². The van der Waals surface area contributed by atoms with Crippen LogP contribution in [0.2, 0.25) is 0 Å². The molecule has 2 nitrogen and oxygen atoms in total. The third-order valence-electron chi connectivity index (χ3n) is 2.11. The highest BCUT2D eigenvalue weighted by Crippen LogP contribution is 2.36. The molecule has 1 heterocycles. The summed E-state index contributed by atoms with van der Waals surface area (Å²) < 4.78 is 31.9. The summed E-state index contributed by atoms with van der Waals surface area (Å²) in [5.41, 5.74) is 0.205. The molecule has 0 bridgehead atoms. The van der Waals surface area contributed by atoms with Crippen LogP contribution < -0.4 is 0 Å². The van der Waals surface area contributed by atoms with Crippen molar-refractivity contribution in [2.45, 2.75) is 0 Å². The SMILES string of the molecule is O=Cc1ccc(-c2cc(F)c(Br)c(F)c2Br)o1. The molecule has 0 N–H and O–H groups in total. The molecule has 0 unspecified atom stereocenters. The summed E-state index contributed by atoms with van der Waals surface area (Å²) in [6.45, 7) is 0. The quantitative estimate of drug-likeness (QED) is 0.443. The summed E-state index contributed by atoms with van der Waals surface area (Å²) in [6, 6.07) is 4.01. The molecule has 0 saturated carbocycles. The van der Waals surface area contributed by atoms with Crippen LogP contribution in [0.3, 0.4) is 0 Å². The van der Waals surface area contributed by atoms with E-state index in [-0.39, 0.29) is 26.0 Å². The van der Waals surface area contributed by atoms with Crippen molar-refractivity contribution in [1.82, 2.24) is 0 Å². The number of furan rings is 1. The molecular weight excluding hydrogens is 362 g/mol. The van der Waals surface area contributed by atoms with E-state index >= 15 is 0 Å². The molecule has 0 amide bonds. The lowest BCUT2D eigenvalue weighted by molar-refractivity contribution is 0.110. The maximum atomic E-state index is 13.6. The summed E-state index contributed by atoms with van der Waals surface area (Å²) >= 11 is 5.80. The molecule has 0 aliphatic rings. The number of carbonyl (C=O) groups excluding carboxylic acids is 1. The summed E-state index contributed by atoms with van der Waals surface area (Å²) in [6.07, 6.45) is 0.517. The molecule has 0 fully saturated rings. The molecule has 0 radical (unpaired) electrons. The molecule has 88 valence electrons. The Labute approximate surface area is 112 Å². The Bertz CT molecular complexity index is 593. The van der Waals surface area contributed by atoms with E-state index < -0.39 is 11.6 Å². The van der Waals surface area contributed by atoms with Gasteiger partial charge >= 0.3 is 0 Å². The zero-order valence-corrected chi connectivity index (χ0v) is 11.3. The first-order valence-electron chi connectivity index (χ1n) is 4.43. The fourth-order valence-electron chi connectivity index (χ4n) is 1.31. The number of hydrogen-bond acceptors (Lipinski definition) is 2. The van der Waals surface area contributed by atoms with Crippen LogP contribution in [-0.4, -0.2) is 6.29 Å². The third-order valence-corrected chi connectivity index (χ3v) is 3.61. The van der Waals surface area contributed by atoms with E-state index in [1.165, 1.54) is 12.1 Å². The number of rotatable bonds is 2. The zero-order valence-electron chi connectivity index (χ0n) is 8.14. The summed E-state index contributed by atoms with van der Waals surface area (Å²) in [7, 11) is 0. The average Bonchev–Trinajstić information content (AvgIpc) is 2.79. The van der Waals surface area contributed by atoms with Crippen molar-refractivity contribution in [3.05, 3.63) is 44.5 Å². The lowest BCUT2D eigenvalue weighted by Gasteiger charge is -2.05. The van der Waals surface area contributed by atoms with Crippen LogP contribution in [0.1, 0.15) is 10.6 Å². The highest BCUT2D eigenvalue weighted by molar-refractivity contribution is 9.11. The summed E-state index contributed by atoms with van der Waals surface area (Å²) in [4.78, 5) is 10.5. The van der Waals surface area contributed by atoms with E-state index in [1.54, 1.807) is 0 Å². The molecule has 1 aromatic heterocycles. The van der Waals surface area contributed by atoms with Gasteiger partial charge < -0.3 is 4.42 Å². The lowest BCUT2D eigenvalue weighted by atomic mass is 10.1. The first-order valence-corrected chi connectivity index (χ1v) is 6.01. The van der Waals surface area contributed by atoms with Crippen LogP contribution in [0.4, 0.5) is 8.78 Å². The Morgan fingerprint density at radius 1 is 1.18 bits per heavy atom. The monoisotopic (exact) mass is 364 g/mol. The molecule has 0 atom stereocenters. The summed E-state index contributed by atoms with van der Waals surface area (Å²) in [5, 5.41) is 0. The third kappa shape index (κ3) is 2.19. The summed E-state index contributed by atoms with van der Waals surface area (Å²) in [5.74, 6) is -1.20. The van der Waals surface area contributed by atoms with Gasteiger partial charge in [-0.3, -0.25) is 4.79 Å². The van der Waals surface area contributed by atoms with E-state index in [1.807, 2.05) is 0 Å². The number of carbonyl (C=O) groups is 1. The fraction of sp³-hybridized carbons (Fsp3) is 0. The van der Waals surface area contributed by atoms with Crippen LogP contribution in [0.15, 0.2) is 31.6 Å². The van der Waals surface area contributed by atoms with Crippen molar-refractivity contribution in [2.24, 2.45) is 0 Å². The Hall–Kier alpha value is -1.01. The minimum absolute atomic E-state index is 0.0672. The van der Waals surface area contributed by atoms with Crippen LogP contribution in [-0.2, 0) is 0 Å². The highest BCUT2D eigenvalue weighted by atomic mass is 79.9. The van der Waals surface area contributed by atoms with E-state index in [2.05, 4.69) is 31.9 Å². The van der Waals surface area contributed by atoms with Gasteiger partial charge in [0.25, 0.3) is 0 Å². The lowest BCUT2D eigenvalue weighted by Crippen LogP contribution is -1.90. The second-order valence-electron chi connectivity index (χ2n) is 3.17. The topological polar surface area (TPSA) is 30.2 Å². The van der Waals surface area contributed by atoms with Crippen molar-refractivity contribution >= 4 is 38.1 Å². The van der Waals surface area contributed by atoms with Crippen molar-refractivity contribution in [3.63, 3.8) is 0 Å². The first kappa shape index (κ1) is 12.4. The predicted molar refractivity (Wildman–Crippen MR) is 64.8 cm³/mol. The zero-order chi connectivity index (χ0) is 12.6. The molecule has 0 spiro atoms. The van der Waals surface area contributed by atoms with Crippen molar-refractivity contribution in [3.8, 4) is 11.3 Å².